The third kappa shape index (κ3) is 4.41. The van der Waals surface area contributed by atoms with Gasteiger partial charge in [-0.2, -0.15) is 0 Å². The Bertz CT molecular complexity index is 760. The lowest BCUT2D eigenvalue weighted by Gasteiger charge is -2.22. The summed E-state index contributed by atoms with van der Waals surface area (Å²) in [6.45, 7) is 0. The highest BCUT2D eigenvalue weighted by molar-refractivity contribution is 5.92. The van der Waals surface area contributed by atoms with Crippen LogP contribution >= 0.6 is 0 Å². The van der Waals surface area contributed by atoms with Gasteiger partial charge in [0, 0.05) is 18.3 Å². The van der Waals surface area contributed by atoms with Gasteiger partial charge in [-0.25, -0.2) is 9.97 Å². The molecule has 7 heteroatoms. The number of hydrogen-bond donors (Lipinski definition) is 2. The van der Waals surface area contributed by atoms with Crippen molar-refractivity contribution in [1.82, 2.24) is 15.3 Å². The highest BCUT2D eigenvalue weighted by atomic mass is 16.5. The number of nitrogens with zero attached hydrogens (tertiary/aromatic N) is 2. The van der Waals surface area contributed by atoms with Crippen LogP contribution in [0.5, 0.6) is 11.5 Å². The molecule has 138 valence electrons. The minimum absolute atomic E-state index is 0.163. The number of rotatable bonds is 6. The summed E-state index contributed by atoms with van der Waals surface area (Å²) < 4.78 is 10.6. The second kappa shape index (κ2) is 8.51. The first-order valence-electron chi connectivity index (χ1n) is 8.82. The van der Waals surface area contributed by atoms with Crippen molar-refractivity contribution in [2.24, 2.45) is 0 Å². The van der Waals surface area contributed by atoms with Crippen LogP contribution in [0.2, 0.25) is 0 Å². The molecule has 0 atom stereocenters. The number of benzene rings is 1. The molecule has 0 radical (unpaired) electrons. The van der Waals surface area contributed by atoms with E-state index in [9.17, 15) is 4.79 Å². The highest BCUT2D eigenvalue weighted by Crippen LogP contribution is 2.30. The number of hydrogen-bond acceptors (Lipinski definition) is 6. The van der Waals surface area contributed by atoms with Gasteiger partial charge in [-0.3, -0.25) is 4.79 Å². The number of methoxy groups -OCH3 is 2. The van der Waals surface area contributed by atoms with E-state index in [2.05, 4.69) is 20.6 Å². The van der Waals surface area contributed by atoms with Gasteiger partial charge < -0.3 is 20.1 Å². The average molecular weight is 356 g/mol. The summed E-state index contributed by atoms with van der Waals surface area (Å²) in [6.07, 6.45) is 7.21. The van der Waals surface area contributed by atoms with Crippen molar-refractivity contribution in [3.05, 3.63) is 36.2 Å². The molecule has 1 aliphatic rings. The maximum Gasteiger partial charge on any atom is 0.270 e. The van der Waals surface area contributed by atoms with E-state index in [1.807, 2.05) is 12.1 Å². The molecule has 1 saturated carbocycles. The molecular formula is C19H24N4O3. The molecule has 0 aliphatic heterocycles. The zero-order valence-electron chi connectivity index (χ0n) is 15.1. The Kier molecular flexibility index (Phi) is 5.88. The molecule has 1 amide bonds. The van der Waals surface area contributed by atoms with Gasteiger partial charge in [-0.1, -0.05) is 19.3 Å². The Balaban J connectivity index is 1.72. The van der Waals surface area contributed by atoms with Gasteiger partial charge in [-0.15, -0.1) is 0 Å². The van der Waals surface area contributed by atoms with Crippen LogP contribution < -0.4 is 20.1 Å². The number of carbonyl (C=O) groups excluding carboxylic acids is 1. The van der Waals surface area contributed by atoms with E-state index >= 15 is 0 Å². The van der Waals surface area contributed by atoms with E-state index in [4.69, 9.17) is 9.47 Å². The van der Waals surface area contributed by atoms with Crippen LogP contribution in [0.15, 0.2) is 30.5 Å². The van der Waals surface area contributed by atoms with Gasteiger partial charge in [0.25, 0.3) is 5.91 Å². The van der Waals surface area contributed by atoms with Gasteiger partial charge in [0.15, 0.2) is 0 Å². The Morgan fingerprint density at radius 3 is 2.65 bits per heavy atom. The minimum atomic E-state index is -0.163. The van der Waals surface area contributed by atoms with Crippen LogP contribution in [-0.4, -0.2) is 36.1 Å². The Labute approximate surface area is 153 Å². The summed E-state index contributed by atoms with van der Waals surface area (Å²) in [5.74, 6) is 1.47. The number of nitrogens with one attached hydrogen (secondary N) is 2. The second-order valence-corrected chi connectivity index (χ2v) is 6.27. The molecule has 26 heavy (non-hydrogen) atoms. The van der Waals surface area contributed by atoms with Crippen molar-refractivity contribution in [2.75, 3.05) is 19.5 Å². The summed E-state index contributed by atoms with van der Waals surface area (Å²) in [4.78, 5) is 21.0. The van der Waals surface area contributed by atoms with Gasteiger partial charge in [-0.05, 0) is 31.0 Å². The molecule has 2 N–H and O–H groups in total. The minimum Gasteiger partial charge on any atom is -0.497 e. The van der Waals surface area contributed by atoms with E-state index < -0.39 is 0 Å². The fourth-order valence-corrected chi connectivity index (χ4v) is 3.07. The smallest absolute Gasteiger partial charge is 0.270 e. The van der Waals surface area contributed by atoms with E-state index in [0.717, 1.165) is 12.8 Å². The molecule has 1 aromatic carbocycles. The van der Waals surface area contributed by atoms with Crippen LogP contribution in [0.1, 0.15) is 42.6 Å². The molecule has 0 bridgehead atoms. The number of anilines is 2. The molecule has 0 spiro atoms. The van der Waals surface area contributed by atoms with Crippen LogP contribution in [-0.2, 0) is 0 Å². The average Bonchev–Trinajstić information content (AvgIpc) is 2.69. The number of ether oxygens (including phenoxy) is 2. The predicted molar refractivity (Wildman–Crippen MR) is 99.2 cm³/mol. The first kappa shape index (κ1) is 18.0. The van der Waals surface area contributed by atoms with Crippen molar-refractivity contribution in [3.8, 4) is 11.5 Å². The van der Waals surface area contributed by atoms with E-state index in [0.29, 0.717) is 28.8 Å². The summed E-state index contributed by atoms with van der Waals surface area (Å²) >= 11 is 0. The van der Waals surface area contributed by atoms with Crippen molar-refractivity contribution >= 4 is 17.5 Å². The van der Waals surface area contributed by atoms with Crippen LogP contribution in [0.4, 0.5) is 11.6 Å². The first-order valence-corrected chi connectivity index (χ1v) is 8.82. The monoisotopic (exact) mass is 356 g/mol. The van der Waals surface area contributed by atoms with Crippen LogP contribution in [0.25, 0.3) is 0 Å². The topological polar surface area (TPSA) is 85.4 Å². The predicted octanol–water partition coefficient (Wildman–Crippen LogP) is 3.30. The molecule has 2 aromatic rings. The highest BCUT2D eigenvalue weighted by Gasteiger charge is 2.18. The summed E-state index contributed by atoms with van der Waals surface area (Å²) in [5, 5.41) is 6.16. The summed E-state index contributed by atoms with van der Waals surface area (Å²) in [7, 11) is 3.17. The lowest BCUT2D eigenvalue weighted by Crippen LogP contribution is -2.36. The third-order valence-corrected chi connectivity index (χ3v) is 4.48. The standard InChI is InChI=1S/C19H24N4O3/c1-25-14-8-9-15(17(12-14)26-2)22-19-20-11-10-16(23-19)18(24)21-13-6-4-3-5-7-13/h8-13H,3-7H2,1-2H3,(H,21,24)(H,20,22,23). The molecular weight excluding hydrogens is 332 g/mol. The molecule has 7 nitrogen and oxygen atoms in total. The maximum atomic E-state index is 12.5. The number of carbonyl (C=O) groups is 1. The van der Waals surface area contributed by atoms with E-state index in [1.54, 1.807) is 32.5 Å². The Hall–Kier alpha value is -2.83. The third-order valence-electron chi connectivity index (χ3n) is 4.48. The molecule has 0 unspecified atom stereocenters. The number of amides is 1. The zero-order chi connectivity index (χ0) is 18.4. The fraction of sp³-hybridized carbons (Fsp3) is 0.421. The SMILES string of the molecule is COc1ccc(Nc2nccc(C(=O)NC3CCCCC3)n2)c(OC)c1. The lowest BCUT2D eigenvalue weighted by atomic mass is 9.95. The zero-order valence-corrected chi connectivity index (χ0v) is 15.1. The fourth-order valence-electron chi connectivity index (χ4n) is 3.07. The van der Waals surface area contributed by atoms with Gasteiger partial charge in [0.05, 0.1) is 19.9 Å². The van der Waals surface area contributed by atoms with Gasteiger partial charge in [0.1, 0.15) is 17.2 Å². The van der Waals surface area contributed by atoms with E-state index in [1.165, 1.54) is 19.3 Å². The van der Waals surface area contributed by atoms with E-state index in [-0.39, 0.29) is 11.9 Å². The summed E-state index contributed by atoms with van der Waals surface area (Å²) in [6, 6.07) is 7.25. The largest absolute Gasteiger partial charge is 0.497 e. The Morgan fingerprint density at radius 2 is 1.92 bits per heavy atom. The lowest BCUT2D eigenvalue weighted by molar-refractivity contribution is 0.0922. The molecule has 3 rings (SSSR count). The summed E-state index contributed by atoms with van der Waals surface area (Å²) in [5.41, 5.74) is 1.04. The molecule has 1 fully saturated rings. The number of aromatic nitrogens is 2. The van der Waals surface area contributed by atoms with Crippen molar-refractivity contribution in [1.29, 1.82) is 0 Å². The van der Waals surface area contributed by atoms with Gasteiger partial charge >= 0.3 is 0 Å². The maximum absolute atomic E-state index is 12.5. The van der Waals surface area contributed by atoms with Crippen molar-refractivity contribution < 1.29 is 14.3 Å². The second-order valence-electron chi connectivity index (χ2n) is 6.27. The quantitative estimate of drug-likeness (QED) is 0.826. The van der Waals surface area contributed by atoms with Crippen LogP contribution in [0.3, 0.4) is 0 Å². The first-order chi connectivity index (χ1) is 12.7. The molecule has 1 aromatic heterocycles. The Morgan fingerprint density at radius 1 is 1.12 bits per heavy atom. The van der Waals surface area contributed by atoms with Crippen LogP contribution in [0, 0.1) is 0 Å². The molecule has 0 saturated heterocycles. The van der Waals surface area contributed by atoms with Crippen molar-refractivity contribution in [3.63, 3.8) is 0 Å². The molecule has 1 aliphatic carbocycles. The van der Waals surface area contributed by atoms with Gasteiger partial charge in [0.2, 0.25) is 5.95 Å². The normalized spacial score (nSPS) is 14.5. The molecule has 1 heterocycles. The van der Waals surface area contributed by atoms with Crippen molar-refractivity contribution in [2.45, 2.75) is 38.1 Å².